The lowest BCUT2D eigenvalue weighted by atomic mass is 10.1. The van der Waals surface area contributed by atoms with Crippen molar-refractivity contribution in [2.24, 2.45) is 0 Å². The van der Waals surface area contributed by atoms with Crippen LogP contribution in [0, 0.1) is 0 Å². The summed E-state index contributed by atoms with van der Waals surface area (Å²) in [5.41, 5.74) is 2.52. The maximum Gasteiger partial charge on any atom is 0.251 e. The number of rotatable bonds is 7. The molecule has 2 N–H and O–H groups in total. The van der Waals surface area contributed by atoms with Crippen LogP contribution in [0.3, 0.4) is 0 Å². The van der Waals surface area contributed by atoms with Gasteiger partial charge in [0.25, 0.3) is 5.91 Å². The molecule has 1 aromatic heterocycles. The molecule has 8 nitrogen and oxygen atoms in total. The van der Waals surface area contributed by atoms with Gasteiger partial charge in [0.05, 0.1) is 10.7 Å². The van der Waals surface area contributed by atoms with Crippen molar-refractivity contribution in [2.45, 2.75) is 36.2 Å². The Morgan fingerprint density at radius 3 is 2.62 bits per heavy atom. The molecular formula is C28H30Cl2N6O2S. The van der Waals surface area contributed by atoms with Gasteiger partial charge >= 0.3 is 0 Å². The van der Waals surface area contributed by atoms with Crippen molar-refractivity contribution in [1.82, 2.24) is 20.6 Å². The maximum absolute atomic E-state index is 12.8. The van der Waals surface area contributed by atoms with Gasteiger partial charge in [-0.15, -0.1) is 0 Å². The average Bonchev–Trinajstić information content (AvgIpc) is 3.16. The van der Waals surface area contributed by atoms with Gasteiger partial charge in [0, 0.05) is 50.1 Å². The average molecular weight is 586 g/mol. The zero-order chi connectivity index (χ0) is 27.2. The van der Waals surface area contributed by atoms with Gasteiger partial charge in [0.1, 0.15) is 17.0 Å². The van der Waals surface area contributed by atoms with Crippen LogP contribution >= 0.6 is 35.0 Å². The molecule has 2 aliphatic rings. The SMILES string of the molecule is O=C(NC1CCCCNC1=O)c1cccc(CSc2nc(Cl)cc(N3CCN(c4ccccc4Cl)CC3)n2)c1. The molecule has 39 heavy (non-hydrogen) atoms. The van der Waals surface area contributed by atoms with Crippen molar-refractivity contribution in [3.05, 3.63) is 75.9 Å². The third-order valence-electron chi connectivity index (χ3n) is 6.86. The second-order valence-electron chi connectivity index (χ2n) is 9.56. The molecule has 2 saturated heterocycles. The van der Waals surface area contributed by atoms with E-state index in [2.05, 4.69) is 25.4 Å². The maximum atomic E-state index is 12.8. The first-order valence-corrected chi connectivity index (χ1v) is 14.8. The van der Waals surface area contributed by atoms with E-state index in [1.807, 2.05) is 42.5 Å². The van der Waals surface area contributed by atoms with Crippen LogP contribution in [0.25, 0.3) is 0 Å². The van der Waals surface area contributed by atoms with E-state index in [1.54, 1.807) is 12.1 Å². The van der Waals surface area contributed by atoms with Gasteiger partial charge in [-0.1, -0.05) is 59.2 Å². The Hall–Kier alpha value is -3.01. The number of piperazine rings is 1. The monoisotopic (exact) mass is 584 g/mol. The van der Waals surface area contributed by atoms with E-state index in [0.717, 1.165) is 61.1 Å². The third-order valence-corrected chi connectivity index (χ3v) is 8.29. The van der Waals surface area contributed by atoms with Crippen molar-refractivity contribution in [2.75, 3.05) is 42.5 Å². The zero-order valence-corrected chi connectivity index (χ0v) is 23.7. The largest absolute Gasteiger partial charge is 0.367 e. The molecular weight excluding hydrogens is 555 g/mol. The Bertz CT molecular complexity index is 1330. The number of hydrogen-bond acceptors (Lipinski definition) is 7. The minimum Gasteiger partial charge on any atom is -0.367 e. The number of carbonyl (C=O) groups is 2. The van der Waals surface area contributed by atoms with Crippen molar-refractivity contribution in [3.8, 4) is 0 Å². The molecule has 0 bridgehead atoms. The molecule has 1 atom stereocenters. The van der Waals surface area contributed by atoms with Gasteiger partial charge in [-0.05, 0) is 49.1 Å². The van der Waals surface area contributed by atoms with Crippen LogP contribution in [0.5, 0.6) is 0 Å². The number of nitrogens with zero attached hydrogens (tertiary/aromatic N) is 4. The van der Waals surface area contributed by atoms with E-state index in [4.69, 9.17) is 28.2 Å². The number of anilines is 2. The van der Waals surface area contributed by atoms with Crippen LogP contribution in [-0.4, -0.2) is 60.5 Å². The molecule has 0 saturated carbocycles. The van der Waals surface area contributed by atoms with Crippen LogP contribution in [0.4, 0.5) is 11.5 Å². The minimum absolute atomic E-state index is 0.119. The number of halogens is 2. The fourth-order valence-electron chi connectivity index (χ4n) is 4.77. The Morgan fingerprint density at radius 1 is 1.00 bits per heavy atom. The smallest absolute Gasteiger partial charge is 0.251 e. The fraction of sp³-hybridized carbons (Fsp3) is 0.357. The Balaban J connectivity index is 1.19. The fourth-order valence-corrected chi connectivity index (χ4v) is 6.04. The summed E-state index contributed by atoms with van der Waals surface area (Å²) in [4.78, 5) is 38.7. The summed E-state index contributed by atoms with van der Waals surface area (Å²) in [6, 6.07) is 16.6. The summed E-state index contributed by atoms with van der Waals surface area (Å²) in [5.74, 6) is 1.00. The quantitative estimate of drug-likeness (QED) is 0.234. The number of carbonyl (C=O) groups excluding carboxylic acids is 2. The highest BCUT2D eigenvalue weighted by atomic mass is 35.5. The summed E-state index contributed by atoms with van der Waals surface area (Å²) in [6.07, 6.45) is 2.48. The summed E-state index contributed by atoms with van der Waals surface area (Å²) in [7, 11) is 0. The Morgan fingerprint density at radius 2 is 1.79 bits per heavy atom. The van der Waals surface area contributed by atoms with Crippen LogP contribution in [0.2, 0.25) is 10.2 Å². The van der Waals surface area contributed by atoms with Gasteiger partial charge in [-0.25, -0.2) is 9.97 Å². The first-order chi connectivity index (χ1) is 19.0. The van der Waals surface area contributed by atoms with Gasteiger partial charge in [-0.2, -0.15) is 0 Å². The topological polar surface area (TPSA) is 90.5 Å². The number of amides is 2. The van der Waals surface area contributed by atoms with E-state index in [-0.39, 0.29) is 11.8 Å². The van der Waals surface area contributed by atoms with Gasteiger partial charge in [0.15, 0.2) is 5.16 Å². The highest BCUT2D eigenvalue weighted by molar-refractivity contribution is 7.98. The van der Waals surface area contributed by atoms with Crippen LogP contribution in [0.1, 0.15) is 35.2 Å². The Kier molecular flexibility index (Phi) is 9.11. The molecule has 0 radical (unpaired) electrons. The molecule has 2 fully saturated rings. The predicted octanol–water partition coefficient (Wildman–Crippen LogP) is 4.80. The molecule has 0 spiro atoms. The second kappa shape index (κ2) is 12.9. The van der Waals surface area contributed by atoms with Crippen LogP contribution < -0.4 is 20.4 Å². The van der Waals surface area contributed by atoms with E-state index in [0.29, 0.717) is 34.6 Å². The molecule has 204 valence electrons. The van der Waals surface area contributed by atoms with Crippen LogP contribution in [0.15, 0.2) is 59.8 Å². The summed E-state index contributed by atoms with van der Waals surface area (Å²) in [5, 5.41) is 7.46. The third kappa shape index (κ3) is 7.15. The van der Waals surface area contributed by atoms with E-state index in [9.17, 15) is 9.59 Å². The Labute approximate surface area is 242 Å². The number of aromatic nitrogens is 2. The molecule has 5 rings (SSSR count). The molecule has 2 aliphatic heterocycles. The number of hydrogen-bond donors (Lipinski definition) is 2. The lowest BCUT2D eigenvalue weighted by Crippen LogP contribution is -2.47. The predicted molar refractivity (Wildman–Crippen MR) is 157 cm³/mol. The van der Waals surface area contributed by atoms with Crippen molar-refractivity contribution < 1.29 is 9.59 Å². The van der Waals surface area contributed by atoms with E-state index >= 15 is 0 Å². The molecule has 11 heteroatoms. The van der Waals surface area contributed by atoms with E-state index < -0.39 is 6.04 Å². The van der Waals surface area contributed by atoms with E-state index in [1.165, 1.54) is 11.8 Å². The highest BCUT2D eigenvalue weighted by Gasteiger charge is 2.23. The zero-order valence-electron chi connectivity index (χ0n) is 21.4. The van der Waals surface area contributed by atoms with Crippen molar-refractivity contribution in [3.63, 3.8) is 0 Å². The lowest BCUT2D eigenvalue weighted by Gasteiger charge is -2.37. The minimum atomic E-state index is -0.497. The molecule has 0 aliphatic carbocycles. The lowest BCUT2D eigenvalue weighted by molar-refractivity contribution is -0.122. The van der Waals surface area contributed by atoms with Crippen molar-refractivity contribution in [1.29, 1.82) is 0 Å². The summed E-state index contributed by atoms with van der Waals surface area (Å²) in [6.45, 7) is 3.89. The molecule has 3 heterocycles. The molecule has 3 aromatic rings. The molecule has 2 aromatic carbocycles. The summed E-state index contributed by atoms with van der Waals surface area (Å²) < 4.78 is 0. The summed E-state index contributed by atoms with van der Waals surface area (Å²) >= 11 is 14.2. The van der Waals surface area contributed by atoms with Crippen molar-refractivity contribution >= 4 is 58.3 Å². The van der Waals surface area contributed by atoms with Crippen LogP contribution in [-0.2, 0) is 10.5 Å². The van der Waals surface area contributed by atoms with Gasteiger partial charge < -0.3 is 20.4 Å². The first-order valence-electron chi connectivity index (χ1n) is 13.1. The van der Waals surface area contributed by atoms with Gasteiger partial charge in [0.2, 0.25) is 5.91 Å². The standard InChI is InChI=1S/C28H30Cl2N6O2S/c29-21-8-1-2-10-23(21)35-12-14-36(15-13-35)25-17-24(30)33-28(34-25)39-18-19-6-5-7-20(16-19)26(37)32-22-9-3-4-11-31-27(22)38/h1-2,5-8,10,16-17,22H,3-4,9,11-15,18H2,(H,31,38)(H,32,37). The highest BCUT2D eigenvalue weighted by Crippen LogP contribution is 2.29. The number of para-hydroxylation sites is 1. The normalized spacial score (nSPS) is 17.9. The number of thioether (sulfide) groups is 1. The first kappa shape index (κ1) is 27.6. The molecule has 2 amide bonds. The number of nitrogens with one attached hydrogen (secondary N) is 2. The molecule has 1 unspecified atom stereocenters. The second-order valence-corrected chi connectivity index (χ2v) is 11.3. The van der Waals surface area contributed by atoms with Gasteiger partial charge in [-0.3, -0.25) is 9.59 Å². The number of benzene rings is 2.